The van der Waals surface area contributed by atoms with Gasteiger partial charge >= 0.3 is 5.97 Å². The molecule has 0 atom stereocenters. The Morgan fingerprint density at radius 3 is 2.06 bits per heavy atom. The Labute approximate surface area is 178 Å². The first kappa shape index (κ1) is 20.4. The summed E-state index contributed by atoms with van der Waals surface area (Å²) in [7, 11) is 0. The van der Waals surface area contributed by atoms with Crippen LogP contribution in [0.1, 0.15) is 10.4 Å². The first-order valence-corrected chi connectivity index (χ1v) is 9.12. The van der Waals surface area contributed by atoms with Crippen molar-refractivity contribution in [2.24, 2.45) is 0 Å². The number of hydrogen-bond donors (Lipinski definition) is 0. The van der Waals surface area contributed by atoms with E-state index < -0.39 is 43.9 Å². The van der Waals surface area contributed by atoms with Crippen LogP contribution in [0.3, 0.4) is 0 Å². The average Bonchev–Trinajstić information content (AvgIpc) is 2.80. The number of rotatable bonds is 5. The molecule has 0 radical (unpaired) electrons. The summed E-state index contributed by atoms with van der Waals surface area (Å²) in [6, 6.07) is 17.2. The van der Waals surface area contributed by atoms with E-state index in [-0.39, 0.29) is 16.7 Å². The highest BCUT2D eigenvalue weighted by molar-refractivity contribution is 5.94. The van der Waals surface area contributed by atoms with Crippen molar-refractivity contribution in [1.82, 2.24) is 0 Å². The second-order valence-corrected chi connectivity index (χ2v) is 6.59. The van der Waals surface area contributed by atoms with Crippen molar-refractivity contribution in [2.75, 3.05) is 0 Å². The van der Waals surface area contributed by atoms with E-state index in [1.807, 2.05) is 0 Å². The van der Waals surface area contributed by atoms with E-state index in [4.69, 9.17) is 9.15 Å². The monoisotopic (exact) mass is 432 g/mol. The third-order valence-corrected chi connectivity index (χ3v) is 4.55. The number of fused-ring (bicyclic) bond motifs is 1. The Hall–Kier alpha value is -4.86. The van der Waals surface area contributed by atoms with Crippen molar-refractivity contribution in [3.8, 4) is 17.1 Å². The molecule has 1 heterocycles. The zero-order valence-corrected chi connectivity index (χ0v) is 16.1. The van der Waals surface area contributed by atoms with Crippen LogP contribution in [0.2, 0.25) is 0 Å². The molecule has 0 saturated carbocycles. The van der Waals surface area contributed by atoms with Gasteiger partial charge in [-0.05, 0) is 12.1 Å². The molecule has 0 aliphatic carbocycles. The van der Waals surface area contributed by atoms with Gasteiger partial charge in [0.1, 0.15) is 5.58 Å². The second kappa shape index (κ2) is 8.11. The molecule has 0 bridgehead atoms. The molecular weight excluding hydrogens is 420 g/mol. The normalized spacial score (nSPS) is 10.6. The minimum absolute atomic E-state index is 0.0254. The van der Waals surface area contributed by atoms with E-state index in [9.17, 15) is 29.8 Å². The Morgan fingerprint density at radius 1 is 0.844 bits per heavy atom. The zero-order valence-electron chi connectivity index (χ0n) is 16.1. The van der Waals surface area contributed by atoms with Crippen LogP contribution in [0.5, 0.6) is 5.75 Å². The molecule has 0 amide bonds. The van der Waals surface area contributed by atoms with E-state index in [1.54, 1.807) is 48.5 Å². The number of nitro groups is 2. The van der Waals surface area contributed by atoms with E-state index in [2.05, 4.69) is 0 Å². The average molecular weight is 432 g/mol. The van der Waals surface area contributed by atoms with Crippen LogP contribution in [-0.4, -0.2) is 15.8 Å². The third kappa shape index (κ3) is 3.79. The number of esters is 1. The first-order valence-electron chi connectivity index (χ1n) is 9.12. The Balaban J connectivity index is 1.87. The van der Waals surface area contributed by atoms with Crippen molar-refractivity contribution in [3.63, 3.8) is 0 Å². The minimum atomic E-state index is -1.18. The van der Waals surface area contributed by atoms with Crippen molar-refractivity contribution in [3.05, 3.63) is 109 Å². The van der Waals surface area contributed by atoms with Gasteiger partial charge in [-0.2, -0.15) is 0 Å². The smallest absolute Gasteiger partial charge is 0.344 e. The highest BCUT2D eigenvalue weighted by Crippen LogP contribution is 2.32. The molecule has 0 aliphatic heterocycles. The van der Waals surface area contributed by atoms with Gasteiger partial charge < -0.3 is 9.15 Å². The van der Waals surface area contributed by atoms with Gasteiger partial charge in [0.2, 0.25) is 11.2 Å². The number of nitrogens with zero attached hydrogens (tertiary/aromatic N) is 2. The lowest BCUT2D eigenvalue weighted by Crippen LogP contribution is -2.16. The zero-order chi connectivity index (χ0) is 22.8. The van der Waals surface area contributed by atoms with Gasteiger partial charge in [0.25, 0.3) is 11.4 Å². The summed E-state index contributed by atoms with van der Waals surface area (Å²) in [4.78, 5) is 46.4. The molecule has 0 fully saturated rings. The molecule has 10 heteroatoms. The summed E-state index contributed by atoms with van der Waals surface area (Å²) in [5, 5.41) is 22.4. The molecule has 4 rings (SSSR count). The van der Waals surface area contributed by atoms with Gasteiger partial charge in [0, 0.05) is 17.7 Å². The summed E-state index contributed by atoms with van der Waals surface area (Å²) in [6.07, 6.45) is 0. The molecule has 1 aromatic heterocycles. The van der Waals surface area contributed by atoms with E-state index in [0.717, 1.165) is 18.2 Å². The lowest BCUT2D eigenvalue weighted by atomic mass is 10.1. The van der Waals surface area contributed by atoms with Crippen LogP contribution in [-0.2, 0) is 0 Å². The van der Waals surface area contributed by atoms with Crippen molar-refractivity contribution < 1.29 is 23.8 Å². The van der Waals surface area contributed by atoms with E-state index in [0.29, 0.717) is 5.56 Å². The molecule has 158 valence electrons. The van der Waals surface area contributed by atoms with Gasteiger partial charge in [-0.1, -0.05) is 42.5 Å². The summed E-state index contributed by atoms with van der Waals surface area (Å²) < 4.78 is 11.1. The molecule has 3 aromatic carbocycles. The van der Waals surface area contributed by atoms with Crippen molar-refractivity contribution in [1.29, 1.82) is 0 Å². The van der Waals surface area contributed by atoms with Gasteiger partial charge in [0.15, 0.2) is 5.76 Å². The number of ether oxygens (including phenoxy) is 1. The van der Waals surface area contributed by atoms with Gasteiger partial charge in [-0.3, -0.25) is 25.0 Å². The van der Waals surface area contributed by atoms with Crippen LogP contribution in [0.15, 0.2) is 82.0 Å². The number of benzene rings is 3. The Morgan fingerprint density at radius 2 is 1.44 bits per heavy atom. The maximum Gasteiger partial charge on any atom is 0.344 e. The highest BCUT2D eigenvalue weighted by Gasteiger charge is 2.25. The number of para-hydroxylation sites is 1. The summed E-state index contributed by atoms with van der Waals surface area (Å²) >= 11 is 0. The molecule has 10 nitrogen and oxygen atoms in total. The van der Waals surface area contributed by atoms with Gasteiger partial charge in [-0.15, -0.1) is 0 Å². The standard InChI is InChI=1S/C22H12N2O8/c25-19-17-8-4-5-9-18(17)31-20(13-6-2-1-3-7-13)21(19)32-22(26)14-10-15(23(27)28)12-16(11-14)24(29)30/h1-12H. The lowest BCUT2D eigenvalue weighted by Gasteiger charge is -2.10. The van der Waals surface area contributed by atoms with Crippen molar-refractivity contribution in [2.45, 2.75) is 0 Å². The quantitative estimate of drug-likeness (QED) is 0.255. The molecule has 0 aliphatic rings. The van der Waals surface area contributed by atoms with Crippen LogP contribution >= 0.6 is 0 Å². The van der Waals surface area contributed by atoms with Crippen LogP contribution in [0.4, 0.5) is 11.4 Å². The number of carbonyl (C=O) groups excluding carboxylic acids is 1. The van der Waals surface area contributed by atoms with E-state index in [1.165, 1.54) is 6.07 Å². The number of hydrogen-bond acceptors (Lipinski definition) is 8. The molecule has 0 spiro atoms. The fourth-order valence-electron chi connectivity index (χ4n) is 3.07. The topological polar surface area (TPSA) is 143 Å². The highest BCUT2D eigenvalue weighted by atomic mass is 16.6. The molecular formula is C22H12N2O8. The summed E-state index contributed by atoms with van der Waals surface area (Å²) in [5.74, 6) is -1.65. The van der Waals surface area contributed by atoms with Crippen LogP contribution in [0.25, 0.3) is 22.3 Å². The largest absolute Gasteiger partial charge is 0.452 e. The van der Waals surface area contributed by atoms with Crippen molar-refractivity contribution >= 4 is 28.3 Å². The summed E-state index contributed by atoms with van der Waals surface area (Å²) in [5.41, 5.74) is -1.72. The summed E-state index contributed by atoms with van der Waals surface area (Å²) in [6.45, 7) is 0. The number of non-ortho nitro benzene ring substituents is 2. The minimum Gasteiger partial charge on any atom is -0.452 e. The Kier molecular flexibility index (Phi) is 5.17. The molecule has 32 heavy (non-hydrogen) atoms. The Bertz CT molecular complexity index is 1410. The molecule has 0 N–H and O–H groups in total. The van der Waals surface area contributed by atoms with Crippen LogP contribution in [0, 0.1) is 20.2 Å². The predicted molar refractivity (Wildman–Crippen MR) is 113 cm³/mol. The third-order valence-electron chi connectivity index (χ3n) is 4.55. The lowest BCUT2D eigenvalue weighted by molar-refractivity contribution is -0.394. The molecule has 0 unspecified atom stereocenters. The van der Waals surface area contributed by atoms with Gasteiger partial charge in [0.05, 0.1) is 26.9 Å². The SMILES string of the molecule is O=C(Oc1c(-c2ccccc2)oc2ccccc2c1=O)c1cc([N+](=O)[O-])cc([N+](=O)[O-])c1. The molecule has 4 aromatic rings. The van der Waals surface area contributed by atoms with E-state index >= 15 is 0 Å². The predicted octanol–water partition coefficient (Wildman–Crippen LogP) is 4.50. The molecule has 0 saturated heterocycles. The fraction of sp³-hybridized carbons (Fsp3) is 0. The number of nitro benzene ring substituents is 2. The fourth-order valence-corrected chi connectivity index (χ4v) is 3.07. The second-order valence-electron chi connectivity index (χ2n) is 6.59. The maximum atomic E-state index is 13.1. The first-order chi connectivity index (χ1) is 15.3. The van der Waals surface area contributed by atoms with Gasteiger partial charge in [-0.25, -0.2) is 4.79 Å². The number of carbonyl (C=O) groups is 1. The van der Waals surface area contributed by atoms with Crippen LogP contribution < -0.4 is 10.2 Å². The maximum absolute atomic E-state index is 13.1.